The highest BCUT2D eigenvalue weighted by Crippen LogP contribution is 2.71. The van der Waals surface area contributed by atoms with Gasteiger partial charge in [0.2, 0.25) is 0 Å². The van der Waals surface area contributed by atoms with Crippen LogP contribution in [0.3, 0.4) is 0 Å². The molecule has 0 saturated heterocycles. The van der Waals surface area contributed by atoms with E-state index in [-0.39, 0.29) is 6.61 Å². The molecule has 4 heteroatoms. The Hall–Kier alpha value is -2.62. The Morgan fingerprint density at radius 1 is 0.957 bits per heavy atom. The molecule has 0 heterocycles. The molecular weight excluding hydrogens is 292 g/mol. The number of carbonyl (C=O) groups excluding carboxylic acids is 1. The normalized spacial score (nSPS) is 25.6. The van der Waals surface area contributed by atoms with Gasteiger partial charge in [-0.3, -0.25) is 9.59 Å². The molecule has 1 fully saturated rings. The predicted octanol–water partition coefficient (Wildman–Crippen LogP) is 3.20. The molecule has 0 radical (unpaired) electrons. The number of hydrogen-bond acceptors (Lipinski definition) is 3. The first-order valence-electron chi connectivity index (χ1n) is 7.64. The number of esters is 1. The third-order valence-electron chi connectivity index (χ3n) is 4.49. The van der Waals surface area contributed by atoms with Crippen molar-refractivity contribution in [2.75, 3.05) is 6.61 Å². The van der Waals surface area contributed by atoms with E-state index >= 15 is 0 Å². The molecular formula is C19H18O4. The molecule has 3 rings (SSSR count). The fourth-order valence-electron chi connectivity index (χ4n) is 3.48. The Morgan fingerprint density at radius 2 is 1.39 bits per heavy atom. The van der Waals surface area contributed by atoms with Crippen LogP contribution in [0.5, 0.6) is 0 Å². The fourth-order valence-corrected chi connectivity index (χ4v) is 3.48. The zero-order valence-electron chi connectivity index (χ0n) is 12.8. The van der Waals surface area contributed by atoms with Crippen molar-refractivity contribution < 1.29 is 19.4 Å². The third-order valence-corrected chi connectivity index (χ3v) is 4.49. The van der Waals surface area contributed by atoms with E-state index in [1.807, 2.05) is 60.7 Å². The first kappa shape index (κ1) is 15.3. The molecule has 0 bridgehead atoms. The van der Waals surface area contributed by atoms with Gasteiger partial charge in [-0.05, 0) is 18.1 Å². The zero-order valence-corrected chi connectivity index (χ0v) is 12.8. The second-order valence-electron chi connectivity index (χ2n) is 5.67. The van der Waals surface area contributed by atoms with Crippen LogP contribution in [-0.2, 0) is 14.3 Å². The molecule has 0 aromatic heterocycles. The molecule has 0 unspecified atom stereocenters. The Labute approximate surface area is 134 Å². The van der Waals surface area contributed by atoms with Gasteiger partial charge in [-0.15, -0.1) is 0 Å². The smallest absolute Gasteiger partial charge is 0.324 e. The first-order chi connectivity index (χ1) is 11.1. The topological polar surface area (TPSA) is 63.6 Å². The van der Waals surface area contributed by atoms with E-state index < -0.39 is 29.2 Å². The van der Waals surface area contributed by atoms with Crippen molar-refractivity contribution >= 4 is 11.9 Å². The largest absolute Gasteiger partial charge is 0.480 e. The summed E-state index contributed by atoms with van der Waals surface area (Å²) in [6.45, 7) is 1.85. The van der Waals surface area contributed by atoms with Gasteiger partial charge in [-0.2, -0.15) is 0 Å². The average molecular weight is 310 g/mol. The summed E-state index contributed by atoms with van der Waals surface area (Å²) < 4.78 is 5.11. The monoisotopic (exact) mass is 310 g/mol. The van der Waals surface area contributed by atoms with E-state index in [1.165, 1.54) is 0 Å². The van der Waals surface area contributed by atoms with Crippen molar-refractivity contribution in [2.24, 2.45) is 5.41 Å². The number of ether oxygens (including phenoxy) is 1. The van der Waals surface area contributed by atoms with Crippen LogP contribution in [0.25, 0.3) is 0 Å². The molecule has 1 aliphatic carbocycles. The van der Waals surface area contributed by atoms with Gasteiger partial charge in [0, 0.05) is 11.8 Å². The summed E-state index contributed by atoms with van der Waals surface area (Å²) in [5.74, 6) is -2.61. The molecule has 0 amide bonds. The molecule has 0 spiro atoms. The van der Waals surface area contributed by atoms with Crippen LogP contribution in [0.4, 0.5) is 0 Å². The minimum Gasteiger partial charge on any atom is -0.480 e. The number of carboxylic acid groups (broad SMARTS) is 1. The van der Waals surface area contributed by atoms with Crippen molar-refractivity contribution in [1.82, 2.24) is 0 Å². The lowest BCUT2D eigenvalue weighted by Crippen LogP contribution is -2.30. The maximum absolute atomic E-state index is 12.5. The van der Waals surface area contributed by atoms with Crippen LogP contribution in [0, 0.1) is 5.41 Å². The second kappa shape index (κ2) is 5.88. The molecule has 23 heavy (non-hydrogen) atoms. The van der Waals surface area contributed by atoms with Crippen LogP contribution in [-0.4, -0.2) is 23.7 Å². The SMILES string of the molecule is CCOC(=O)C1(C(=O)O)[C@@H](c2ccccc2)[C@@H]1c1ccccc1. The number of aliphatic carboxylic acids is 1. The minimum atomic E-state index is -1.54. The number of carbonyl (C=O) groups is 2. The summed E-state index contributed by atoms with van der Waals surface area (Å²) >= 11 is 0. The summed E-state index contributed by atoms with van der Waals surface area (Å²) in [4.78, 5) is 24.6. The van der Waals surface area contributed by atoms with E-state index in [0.29, 0.717) is 0 Å². The highest BCUT2D eigenvalue weighted by molar-refractivity contribution is 6.06. The lowest BCUT2D eigenvalue weighted by atomic mass is 9.97. The standard InChI is InChI=1S/C19H18O4/c1-2-23-18(22)19(17(20)21)15(13-9-5-3-6-10-13)16(19)14-11-7-4-8-12-14/h3-12,15-16H,2H2,1H3,(H,20,21)/t15-,16-/m0/s1. The lowest BCUT2D eigenvalue weighted by Gasteiger charge is -2.12. The molecule has 118 valence electrons. The van der Waals surface area contributed by atoms with E-state index in [1.54, 1.807) is 6.92 Å². The second-order valence-corrected chi connectivity index (χ2v) is 5.67. The summed E-state index contributed by atoms with van der Waals surface area (Å²) in [5.41, 5.74) is 0.146. The third kappa shape index (κ3) is 2.31. The van der Waals surface area contributed by atoms with E-state index in [0.717, 1.165) is 11.1 Å². The Balaban J connectivity index is 2.11. The number of carboxylic acids is 1. The maximum atomic E-state index is 12.5. The van der Waals surface area contributed by atoms with E-state index in [9.17, 15) is 14.7 Å². The number of hydrogen-bond donors (Lipinski definition) is 1. The average Bonchev–Trinajstić information content (AvgIpc) is 3.28. The highest BCUT2D eigenvalue weighted by atomic mass is 16.5. The van der Waals surface area contributed by atoms with Crippen LogP contribution in [0.15, 0.2) is 60.7 Å². The van der Waals surface area contributed by atoms with Crippen LogP contribution in [0.1, 0.15) is 29.9 Å². The van der Waals surface area contributed by atoms with Gasteiger partial charge in [0.15, 0.2) is 5.41 Å². The molecule has 2 aromatic carbocycles. The van der Waals surface area contributed by atoms with Gasteiger partial charge in [0.1, 0.15) is 0 Å². The molecule has 1 N–H and O–H groups in total. The number of benzene rings is 2. The summed E-state index contributed by atoms with van der Waals surface area (Å²) in [5, 5.41) is 9.86. The Bertz CT molecular complexity index is 663. The predicted molar refractivity (Wildman–Crippen MR) is 85.1 cm³/mol. The lowest BCUT2D eigenvalue weighted by molar-refractivity contribution is -0.161. The fraction of sp³-hybridized carbons (Fsp3) is 0.263. The Kier molecular flexibility index (Phi) is 3.90. The quantitative estimate of drug-likeness (QED) is 0.680. The summed E-state index contributed by atoms with van der Waals surface area (Å²) in [6, 6.07) is 18.6. The van der Waals surface area contributed by atoms with Crippen LogP contribution >= 0.6 is 0 Å². The van der Waals surface area contributed by atoms with Gasteiger partial charge in [-0.1, -0.05) is 60.7 Å². The molecule has 1 aliphatic rings. The molecule has 2 atom stereocenters. The van der Waals surface area contributed by atoms with Crippen molar-refractivity contribution in [1.29, 1.82) is 0 Å². The van der Waals surface area contributed by atoms with Crippen molar-refractivity contribution in [3.63, 3.8) is 0 Å². The molecule has 1 saturated carbocycles. The van der Waals surface area contributed by atoms with Crippen molar-refractivity contribution in [3.05, 3.63) is 71.8 Å². The van der Waals surface area contributed by atoms with Gasteiger partial charge in [-0.25, -0.2) is 0 Å². The summed E-state index contributed by atoms with van der Waals surface area (Å²) in [7, 11) is 0. The van der Waals surface area contributed by atoms with Crippen LogP contribution in [0.2, 0.25) is 0 Å². The first-order valence-corrected chi connectivity index (χ1v) is 7.64. The van der Waals surface area contributed by atoms with Gasteiger partial charge in [0.05, 0.1) is 6.61 Å². The zero-order chi connectivity index (χ0) is 16.4. The Morgan fingerprint density at radius 3 is 1.74 bits per heavy atom. The van der Waals surface area contributed by atoms with Gasteiger partial charge in [0.25, 0.3) is 0 Å². The summed E-state index contributed by atoms with van der Waals surface area (Å²) in [6.07, 6.45) is 0. The number of rotatable bonds is 5. The van der Waals surface area contributed by atoms with Gasteiger partial charge >= 0.3 is 11.9 Å². The van der Waals surface area contributed by atoms with Gasteiger partial charge < -0.3 is 9.84 Å². The highest BCUT2D eigenvalue weighted by Gasteiger charge is 2.76. The molecule has 2 aromatic rings. The molecule has 4 nitrogen and oxygen atoms in total. The van der Waals surface area contributed by atoms with E-state index in [4.69, 9.17) is 4.74 Å². The maximum Gasteiger partial charge on any atom is 0.324 e. The van der Waals surface area contributed by atoms with Crippen molar-refractivity contribution in [2.45, 2.75) is 18.8 Å². The minimum absolute atomic E-state index is 0.164. The molecule has 0 aliphatic heterocycles. The van der Waals surface area contributed by atoms with Crippen molar-refractivity contribution in [3.8, 4) is 0 Å². The van der Waals surface area contributed by atoms with E-state index in [2.05, 4.69) is 0 Å². The van der Waals surface area contributed by atoms with Crippen LogP contribution < -0.4 is 0 Å².